The maximum absolute atomic E-state index is 14.5. The second kappa shape index (κ2) is 18.2. The van der Waals surface area contributed by atoms with Crippen molar-refractivity contribution in [2.75, 3.05) is 19.0 Å². The van der Waals surface area contributed by atoms with Gasteiger partial charge < -0.3 is 54.3 Å². The average molecular weight is 837 g/mol. The van der Waals surface area contributed by atoms with Crippen molar-refractivity contribution in [3.05, 3.63) is 53.3 Å². The standard InChI is InChI=1S/C45H60N2O13/c1-21-13-12-14-22(2)44(55)46-30-19-32(57-20-33(49)47-23(3)15-16-24(47)4)34-35(40(30)53)39(52)28(8)42-36(34)43(54)45(10,60-42)58-18-17-31(56-11)25(5)41(59-29(9)48)27(7)38(51)26(6)37(21)50/h12-14,17-19,21,23-27,31,37-38,41,50-53H,15-16,20H2,1-11H3,(H,46,55)/b13-12+,18-17+,22-14+. The predicted molar refractivity (Wildman–Crippen MR) is 223 cm³/mol. The molecule has 6 rings (SSSR count). The summed E-state index contributed by atoms with van der Waals surface area (Å²) in [6, 6.07) is 1.24. The fourth-order valence-electron chi connectivity index (χ4n) is 8.65. The van der Waals surface area contributed by atoms with Crippen molar-refractivity contribution in [3.63, 3.8) is 0 Å². The van der Waals surface area contributed by atoms with Crippen molar-refractivity contribution < 1.29 is 63.3 Å². The molecule has 4 heterocycles. The van der Waals surface area contributed by atoms with Gasteiger partial charge in [-0.25, -0.2) is 0 Å². The van der Waals surface area contributed by atoms with Gasteiger partial charge in [-0.15, -0.1) is 0 Å². The first-order valence-electron chi connectivity index (χ1n) is 20.4. The SMILES string of the molecule is COC1/C=C/OC2(C)Oc3c(C)c(O)c4c(O)c(cc(OCC(=O)N5C(C)CCC5C)c4c3C2=O)NC(=O)/C(C)=C/C=C/C(C)C(O)C(C)C(O)C(C)C(OC(C)=O)C1C. The lowest BCUT2D eigenvalue weighted by atomic mass is 9.78. The number of hydrogen-bond donors (Lipinski definition) is 5. The number of ether oxygens (including phenoxy) is 5. The number of aliphatic hydroxyl groups excluding tert-OH is 2. The molecule has 0 aromatic heterocycles. The van der Waals surface area contributed by atoms with Gasteiger partial charge in [0.25, 0.3) is 17.6 Å². The number of hydrogen-bond acceptors (Lipinski definition) is 13. The topological polar surface area (TPSA) is 211 Å². The van der Waals surface area contributed by atoms with Crippen molar-refractivity contribution in [2.45, 2.75) is 124 Å². The van der Waals surface area contributed by atoms with Crippen LogP contribution in [0.2, 0.25) is 0 Å². The van der Waals surface area contributed by atoms with E-state index in [0.717, 1.165) is 12.8 Å². The Labute approximate surface area is 351 Å². The molecule has 4 aliphatic rings. The highest BCUT2D eigenvalue weighted by molar-refractivity contribution is 6.21. The van der Waals surface area contributed by atoms with Gasteiger partial charge in [0.15, 0.2) is 12.4 Å². The van der Waals surface area contributed by atoms with Crippen LogP contribution in [-0.2, 0) is 28.6 Å². The van der Waals surface area contributed by atoms with Crippen LogP contribution in [0.3, 0.4) is 0 Å². The van der Waals surface area contributed by atoms with Gasteiger partial charge >= 0.3 is 11.8 Å². The molecule has 2 amide bonds. The highest BCUT2D eigenvalue weighted by Gasteiger charge is 2.50. The summed E-state index contributed by atoms with van der Waals surface area (Å²) in [5.74, 6) is -7.90. The van der Waals surface area contributed by atoms with Gasteiger partial charge in [-0.1, -0.05) is 45.9 Å². The molecule has 0 saturated carbocycles. The second-order valence-corrected chi connectivity index (χ2v) is 16.8. The zero-order valence-electron chi connectivity index (χ0n) is 36.3. The molecule has 4 aliphatic heterocycles. The number of Topliss-reactive ketones (excluding diaryl/α,β-unsaturated/α-hetero) is 1. The molecule has 60 heavy (non-hydrogen) atoms. The molecule has 5 bridgehead atoms. The molecule has 0 aliphatic carbocycles. The molecule has 2 aromatic carbocycles. The van der Waals surface area contributed by atoms with Gasteiger partial charge in [0.2, 0.25) is 0 Å². The number of aromatic hydroxyl groups is 2. The van der Waals surface area contributed by atoms with Crippen molar-refractivity contribution in [1.82, 2.24) is 4.90 Å². The number of esters is 1. The first-order chi connectivity index (χ1) is 28.1. The van der Waals surface area contributed by atoms with Gasteiger partial charge in [0.05, 0.1) is 41.2 Å². The van der Waals surface area contributed by atoms with Gasteiger partial charge in [-0.05, 0) is 46.6 Å². The largest absolute Gasteiger partial charge is 0.507 e. The Kier molecular flexibility index (Phi) is 14.0. The molecule has 0 spiro atoms. The van der Waals surface area contributed by atoms with Crippen LogP contribution < -0.4 is 14.8 Å². The predicted octanol–water partition coefficient (Wildman–Crippen LogP) is 5.83. The van der Waals surface area contributed by atoms with E-state index in [9.17, 15) is 39.6 Å². The number of phenols is 2. The lowest BCUT2D eigenvalue weighted by Gasteiger charge is -2.38. The number of benzene rings is 2. The van der Waals surface area contributed by atoms with Crippen LogP contribution in [0, 0.1) is 30.6 Å². The molecule has 0 radical (unpaired) electrons. The summed E-state index contributed by atoms with van der Waals surface area (Å²) in [7, 11) is 1.44. The van der Waals surface area contributed by atoms with E-state index in [-0.39, 0.29) is 62.6 Å². The monoisotopic (exact) mass is 836 g/mol. The molecule has 11 unspecified atom stereocenters. The Morgan fingerprint density at radius 1 is 0.933 bits per heavy atom. The number of ketones is 1. The number of carbonyl (C=O) groups excluding carboxylic acids is 4. The van der Waals surface area contributed by atoms with E-state index in [1.54, 1.807) is 44.7 Å². The molecule has 15 heteroatoms. The Bertz CT molecular complexity index is 2080. The number of carbonyl (C=O) groups is 4. The summed E-state index contributed by atoms with van der Waals surface area (Å²) >= 11 is 0. The maximum Gasteiger partial charge on any atom is 0.312 e. The zero-order chi connectivity index (χ0) is 44.5. The lowest BCUT2D eigenvalue weighted by molar-refractivity contribution is -0.160. The summed E-state index contributed by atoms with van der Waals surface area (Å²) in [5, 5.41) is 48.6. The number of allylic oxidation sites excluding steroid dienone is 2. The van der Waals surface area contributed by atoms with Crippen molar-refractivity contribution in [3.8, 4) is 23.0 Å². The summed E-state index contributed by atoms with van der Waals surface area (Å²) in [5.41, 5.74) is 0.0212. The molecular formula is C45H60N2O13. The number of likely N-dealkylation sites (tertiary alicyclic amines) is 1. The number of rotatable bonds is 5. The quantitative estimate of drug-likeness (QED) is 0.178. The summed E-state index contributed by atoms with van der Waals surface area (Å²) in [6.45, 7) is 16.0. The Hall–Kier alpha value is -5.12. The minimum atomic E-state index is -2.02. The average Bonchev–Trinajstić information content (AvgIpc) is 3.68. The van der Waals surface area contributed by atoms with Crippen LogP contribution in [0.1, 0.15) is 91.1 Å². The number of amides is 2. The normalized spacial score (nSPS) is 33.4. The van der Waals surface area contributed by atoms with Crippen molar-refractivity contribution in [1.29, 1.82) is 0 Å². The first-order valence-corrected chi connectivity index (χ1v) is 20.4. The van der Waals surface area contributed by atoms with Gasteiger partial charge in [0.1, 0.15) is 23.4 Å². The fourth-order valence-corrected chi connectivity index (χ4v) is 8.65. The Balaban J connectivity index is 1.67. The van der Waals surface area contributed by atoms with E-state index in [2.05, 4.69) is 5.32 Å². The molecule has 1 fully saturated rings. The van der Waals surface area contributed by atoms with E-state index in [0.29, 0.717) is 0 Å². The lowest BCUT2D eigenvalue weighted by Crippen LogP contribution is -2.46. The number of anilines is 1. The Morgan fingerprint density at radius 3 is 2.20 bits per heavy atom. The van der Waals surface area contributed by atoms with E-state index in [1.807, 2.05) is 13.8 Å². The Morgan fingerprint density at radius 2 is 1.58 bits per heavy atom. The van der Waals surface area contributed by atoms with Crippen LogP contribution in [0.15, 0.2) is 42.2 Å². The van der Waals surface area contributed by atoms with E-state index in [1.165, 1.54) is 59.3 Å². The van der Waals surface area contributed by atoms with Crippen molar-refractivity contribution in [2.24, 2.45) is 23.7 Å². The zero-order valence-corrected chi connectivity index (χ0v) is 36.3. The summed E-state index contributed by atoms with van der Waals surface area (Å²) in [6.07, 6.45) is 5.28. The number of aliphatic hydroxyl groups is 2. The first kappa shape index (κ1) is 46.0. The number of fused-ring (bicyclic) bond motifs is 14. The fraction of sp³-hybridized carbons (Fsp3) is 0.556. The van der Waals surface area contributed by atoms with Crippen LogP contribution in [0.25, 0.3) is 10.8 Å². The number of nitrogens with one attached hydrogen (secondary N) is 1. The molecule has 15 nitrogen and oxygen atoms in total. The minimum absolute atomic E-state index is 0.0242. The number of phenolic OH excluding ortho intramolecular Hbond substituents is 2. The number of methoxy groups -OCH3 is 1. The third-order valence-electron chi connectivity index (χ3n) is 12.4. The molecule has 1 saturated heterocycles. The molecule has 11 atom stereocenters. The van der Waals surface area contributed by atoms with Crippen LogP contribution >= 0.6 is 0 Å². The molecule has 2 aromatic rings. The third-order valence-corrected chi connectivity index (χ3v) is 12.4. The summed E-state index contributed by atoms with van der Waals surface area (Å²) < 4.78 is 29.9. The van der Waals surface area contributed by atoms with Crippen LogP contribution in [0.4, 0.5) is 5.69 Å². The van der Waals surface area contributed by atoms with E-state index < -0.39 is 89.6 Å². The highest BCUT2D eigenvalue weighted by Crippen LogP contribution is 2.54. The second-order valence-electron chi connectivity index (χ2n) is 16.8. The van der Waals surface area contributed by atoms with Gasteiger partial charge in [-0.2, -0.15) is 0 Å². The minimum Gasteiger partial charge on any atom is -0.507 e. The van der Waals surface area contributed by atoms with Crippen LogP contribution in [0.5, 0.6) is 23.0 Å². The van der Waals surface area contributed by atoms with Gasteiger partial charge in [-0.3, -0.25) is 19.2 Å². The smallest absolute Gasteiger partial charge is 0.312 e. The van der Waals surface area contributed by atoms with E-state index in [4.69, 9.17) is 23.7 Å². The van der Waals surface area contributed by atoms with Crippen molar-refractivity contribution >= 4 is 40.0 Å². The third kappa shape index (κ3) is 8.84. The molecule has 5 N–H and O–H groups in total. The number of nitrogens with zero attached hydrogens (tertiary/aromatic N) is 1. The van der Waals surface area contributed by atoms with Crippen LogP contribution in [-0.4, -0.2) is 105 Å². The highest BCUT2D eigenvalue weighted by atomic mass is 16.7. The molecule has 328 valence electrons. The van der Waals surface area contributed by atoms with Gasteiger partial charge in [0, 0.05) is 79.3 Å². The molecular weight excluding hydrogens is 776 g/mol. The maximum atomic E-state index is 14.5. The van der Waals surface area contributed by atoms with E-state index >= 15 is 0 Å². The summed E-state index contributed by atoms with van der Waals surface area (Å²) in [4.78, 5) is 55.8.